The van der Waals surface area contributed by atoms with E-state index in [2.05, 4.69) is 25.7 Å². The molecular weight excluding hydrogens is 442 g/mol. The molecule has 9 heteroatoms. The zero-order valence-electron chi connectivity index (χ0n) is 19.5. The van der Waals surface area contributed by atoms with Gasteiger partial charge in [0.1, 0.15) is 11.4 Å². The molecule has 5 rings (SSSR count). The highest BCUT2D eigenvalue weighted by atomic mass is 16.5. The number of hydrogen-bond acceptors (Lipinski definition) is 6. The number of benzene rings is 2. The number of carbonyl (C=O) groups is 1. The molecule has 1 amide bonds. The molecule has 0 radical (unpaired) electrons. The van der Waals surface area contributed by atoms with Gasteiger partial charge in [-0.3, -0.25) is 9.48 Å². The fraction of sp³-hybridized carbons (Fsp3) is 0.115. The summed E-state index contributed by atoms with van der Waals surface area (Å²) in [4.78, 5) is 12.8. The van der Waals surface area contributed by atoms with Crippen LogP contribution in [-0.4, -0.2) is 35.7 Å². The maximum absolute atomic E-state index is 12.8. The van der Waals surface area contributed by atoms with Gasteiger partial charge in [0.2, 0.25) is 5.88 Å². The number of aromatic nitrogens is 6. The number of amides is 1. The molecule has 2 aromatic carbocycles. The summed E-state index contributed by atoms with van der Waals surface area (Å²) in [5, 5.41) is 20.1. The van der Waals surface area contributed by atoms with Crippen molar-refractivity contribution < 1.29 is 9.53 Å². The molecule has 0 unspecified atom stereocenters. The van der Waals surface area contributed by atoms with Gasteiger partial charge in [-0.1, -0.05) is 30.3 Å². The summed E-state index contributed by atoms with van der Waals surface area (Å²) < 4.78 is 9.09. The molecule has 3 heterocycles. The molecule has 9 nitrogen and oxygen atoms in total. The number of nitrogens with one attached hydrogen (secondary N) is 1. The summed E-state index contributed by atoms with van der Waals surface area (Å²) in [6, 6.07) is 24.1. The minimum atomic E-state index is -0.249. The Balaban J connectivity index is 1.24. The number of anilines is 1. The first-order chi connectivity index (χ1) is 17.0. The summed E-state index contributed by atoms with van der Waals surface area (Å²) in [6.45, 7) is 3.89. The summed E-state index contributed by atoms with van der Waals surface area (Å²) in [6.07, 6.45) is 0. The highest BCUT2D eigenvalue weighted by molar-refractivity contribution is 6.03. The predicted octanol–water partition coefficient (Wildman–Crippen LogP) is 4.72. The van der Waals surface area contributed by atoms with E-state index in [1.165, 1.54) is 0 Å². The first kappa shape index (κ1) is 22.0. The summed E-state index contributed by atoms with van der Waals surface area (Å²) in [7, 11) is 1.75. The van der Waals surface area contributed by atoms with Crippen LogP contribution >= 0.6 is 0 Å². The molecule has 0 spiro atoms. The zero-order valence-corrected chi connectivity index (χ0v) is 19.5. The van der Waals surface area contributed by atoms with E-state index in [4.69, 9.17) is 4.74 Å². The lowest BCUT2D eigenvalue weighted by Crippen LogP contribution is -2.15. The van der Waals surface area contributed by atoms with Gasteiger partial charge in [0.15, 0.2) is 5.82 Å². The van der Waals surface area contributed by atoms with E-state index in [1.54, 1.807) is 58.9 Å². The topological polar surface area (TPSA) is 99.8 Å². The number of hydrogen-bond donors (Lipinski definition) is 1. The Morgan fingerprint density at radius 1 is 0.886 bits per heavy atom. The van der Waals surface area contributed by atoms with Crippen LogP contribution in [0.2, 0.25) is 0 Å². The van der Waals surface area contributed by atoms with Crippen LogP contribution in [0.15, 0.2) is 78.9 Å². The van der Waals surface area contributed by atoms with Gasteiger partial charge in [-0.05, 0) is 56.3 Å². The molecule has 0 aliphatic carbocycles. The van der Waals surface area contributed by atoms with Crippen molar-refractivity contribution in [2.75, 3.05) is 5.32 Å². The average molecular weight is 466 g/mol. The Kier molecular flexibility index (Phi) is 5.80. The van der Waals surface area contributed by atoms with Crippen LogP contribution in [0.25, 0.3) is 17.1 Å². The van der Waals surface area contributed by atoms with Crippen LogP contribution in [0, 0.1) is 13.8 Å². The smallest absolute Gasteiger partial charge is 0.273 e. The Morgan fingerprint density at radius 3 is 2.31 bits per heavy atom. The highest BCUT2D eigenvalue weighted by Crippen LogP contribution is 2.23. The van der Waals surface area contributed by atoms with Crippen molar-refractivity contribution in [1.82, 2.24) is 29.8 Å². The SMILES string of the molecule is Cc1cc(C)n(-c2ccc(Oc3ccc(NC(=O)c4cc(-c5ccccc5)nn4C)cc3)nn2)n1. The molecule has 0 bridgehead atoms. The Hall–Kier alpha value is -4.79. The summed E-state index contributed by atoms with van der Waals surface area (Å²) in [5.41, 5.74) is 4.68. The molecule has 174 valence electrons. The second-order valence-corrected chi connectivity index (χ2v) is 8.05. The van der Waals surface area contributed by atoms with Gasteiger partial charge in [-0.25, -0.2) is 4.68 Å². The summed E-state index contributed by atoms with van der Waals surface area (Å²) in [5.74, 6) is 1.30. The predicted molar refractivity (Wildman–Crippen MR) is 132 cm³/mol. The first-order valence-corrected chi connectivity index (χ1v) is 11.0. The van der Waals surface area contributed by atoms with E-state index < -0.39 is 0 Å². The first-order valence-electron chi connectivity index (χ1n) is 11.0. The maximum Gasteiger partial charge on any atom is 0.273 e. The molecule has 0 aliphatic rings. The molecule has 0 saturated carbocycles. The second-order valence-electron chi connectivity index (χ2n) is 8.05. The van der Waals surface area contributed by atoms with Gasteiger partial charge < -0.3 is 10.1 Å². The highest BCUT2D eigenvalue weighted by Gasteiger charge is 2.15. The van der Waals surface area contributed by atoms with Crippen LogP contribution in [-0.2, 0) is 7.05 Å². The second kappa shape index (κ2) is 9.22. The molecule has 3 aromatic heterocycles. The zero-order chi connectivity index (χ0) is 24.4. The van der Waals surface area contributed by atoms with E-state index in [0.29, 0.717) is 28.8 Å². The number of aryl methyl sites for hydroxylation is 3. The van der Waals surface area contributed by atoms with Gasteiger partial charge in [0, 0.05) is 30.1 Å². The Bertz CT molecular complexity index is 1470. The lowest BCUT2D eigenvalue weighted by molar-refractivity contribution is 0.101. The van der Waals surface area contributed by atoms with Gasteiger partial charge in [-0.2, -0.15) is 10.2 Å². The molecule has 35 heavy (non-hydrogen) atoms. The minimum absolute atomic E-state index is 0.249. The van der Waals surface area contributed by atoms with Gasteiger partial charge in [-0.15, -0.1) is 10.2 Å². The number of rotatable bonds is 6. The molecule has 0 atom stereocenters. The van der Waals surface area contributed by atoms with Crippen LogP contribution < -0.4 is 10.1 Å². The average Bonchev–Trinajstić information content (AvgIpc) is 3.42. The van der Waals surface area contributed by atoms with Crippen LogP contribution in [0.5, 0.6) is 11.6 Å². The number of nitrogens with zero attached hydrogens (tertiary/aromatic N) is 6. The largest absolute Gasteiger partial charge is 0.438 e. The number of carbonyl (C=O) groups excluding carboxylic acids is 1. The van der Waals surface area contributed by atoms with Crippen molar-refractivity contribution in [1.29, 1.82) is 0 Å². The van der Waals surface area contributed by atoms with Crippen molar-refractivity contribution in [3.63, 3.8) is 0 Å². The lowest BCUT2D eigenvalue weighted by Gasteiger charge is -2.08. The molecule has 1 N–H and O–H groups in total. The third-order valence-electron chi connectivity index (χ3n) is 5.37. The minimum Gasteiger partial charge on any atom is -0.438 e. The fourth-order valence-corrected chi connectivity index (χ4v) is 3.69. The van der Waals surface area contributed by atoms with Crippen molar-refractivity contribution in [2.45, 2.75) is 13.8 Å². The molecular formula is C26H23N7O2. The monoisotopic (exact) mass is 465 g/mol. The maximum atomic E-state index is 12.8. The molecule has 0 fully saturated rings. The molecule has 0 aliphatic heterocycles. The van der Waals surface area contributed by atoms with Crippen molar-refractivity contribution >= 4 is 11.6 Å². The van der Waals surface area contributed by atoms with Crippen LogP contribution in [0.4, 0.5) is 5.69 Å². The van der Waals surface area contributed by atoms with Gasteiger partial charge in [0.25, 0.3) is 5.91 Å². The van der Waals surface area contributed by atoms with Crippen molar-refractivity contribution in [2.24, 2.45) is 7.05 Å². The third kappa shape index (κ3) is 4.79. The van der Waals surface area contributed by atoms with Gasteiger partial charge >= 0.3 is 0 Å². The summed E-state index contributed by atoms with van der Waals surface area (Å²) >= 11 is 0. The standard InChI is InChI=1S/C26H23N7O2/c1-17-15-18(2)33(30-17)24-13-14-25(29-28-24)35-21-11-9-20(10-12-21)27-26(34)23-16-22(31-32(23)3)19-7-5-4-6-8-19/h4-16H,1-3H3,(H,27,34). The quantitative estimate of drug-likeness (QED) is 0.389. The van der Waals surface area contributed by atoms with Crippen LogP contribution in [0.3, 0.4) is 0 Å². The van der Waals surface area contributed by atoms with Crippen molar-refractivity contribution in [3.8, 4) is 28.7 Å². The molecule has 5 aromatic rings. The normalized spacial score (nSPS) is 10.8. The van der Waals surface area contributed by atoms with E-state index in [-0.39, 0.29) is 5.91 Å². The van der Waals surface area contributed by atoms with E-state index in [1.807, 2.05) is 50.2 Å². The van der Waals surface area contributed by atoms with E-state index >= 15 is 0 Å². The third-order valence-corrected chi connectivity index (χ3v) is 5.37. The lowest BCUT2D eigenvalue weighted by atomic mass is 10.1. The molecule has 0 saturated heterocycles. The Morgan fingerprint density at radius 2 is 1.66 bits per heavy atom. The van der Waals surface area contributed by atoms with Crippen LogP contribution in [0.1, 0.15) is 21.9 Å². The fourth-order valence-electron chi connectivity index (χ4n) is 3.69. The van der Waals surface area contributed by atoms with Crippen molar-refractivity contribution in [3.05, 3.63) is 95.9 Å². The van der Waals surface area contributed by atoms with Gasteiger partial charge in [0.05, 0.1) is 11.4 Å². The van der Waals surface area contributed by atoms with E-state index in [9.17, 15) is 4.79 Å². The number of ether oxygens (including phenoxy) is 1. The van der Waals surface area contributed by atoms with E-state index in [0.717, 1.165) is 22.6 Å². The Labute approximate surface area is 202 Å².